The van der Waals surface area contributed by atoms with Gasteiger partial charge in [-0.15, -0.1) is 0 Å². The number of anilines is 1. The maximum atomic E-state index is 11.9. The van der Waals surface area contributed by atoms with Gasteiger partial charge in [-0.25, -0.2) is 4.79 Å². The Morgan fingerprint density at radius 3 is 2.44 bits per heavy atom. The van der Waals surface area contributed by atoms with Gasteiger partial charge in [0, 0.05) is 11.1 Å². The predicted octanol–water partition coefficient (Wildman–Crippen LogP) is 3.41. The first-order valence-corrected chi connectivity index (χ1v) is 6.00. The van der Waals surface area contributed by atoms with Gasteiger partial charge >= 0.3 is 5.97 Å². The summed E-state index contributed by atoms with van der Waals surface area (Å²) >= 11 is 5.82. The Hall–Kier alpha value is -1.55. The molecule has 0 radical (unpaired) electrons. The van der Waals surface area contributed by atoms with E-state index in [1.165, 1.54) is 18.2 Å². The fraction of sp³-hybridized carbons (Fsp3) is 0.385. The number of carboxylic acid groups (broad SMARTS) is 1. The number of halogens is 1. The van der Waals surface area contributed by atoms with Crippen molar-refractivity contribution in [3.63, 3.8) is 0 Å². The number of carboxylic acids is 1. The van der Waals surface area contributed by atoms with E-state index in [0.717, 1.165) is 0 Å². The van der Waals surface area contributed by atoms with E-state index in [1.807, 2.05) is 20.8 Å². The van der Waals surface area contributed by atoms with E-state index in [2.05, 4.69) is 5.32 Å². The standard InChI is InChI=1S/C13H16ClNO3/c1-4-13(2,3)12(18)15-8-5-6-9(11(16)17)10(14)7-8/h5-7H,4H2,1-3H3,(H,15,18)(H,16,17). The Bertz CT molecular complexity index is 483. The molecule has 18 heavy (non-hydrogen) atoms. The van der Waals surface area contributed by atoms with Gasteiger partial charge in [0.15, 0.2) is 0 Å². The van der Waals surface area contributed by atoms with E-state index in [4.69, 9.17) is 16.7 Å². The molecule has 0 aliphatic rings. The third kappa shape index (κ3) is 3.23. The number of hydrogen-bond acceptors (Lipinski definition) is 2. The molecule has 2 N–H and O–H groups in total. The number of hydrogen-bond donors (Lipinski definition) is 2. The van der Waals surface area contributed by atoms with Crippen LogP contribution in [0.4, 0.5) is 5.69 Å². The summed E-state index contributed by atoms with van der Waals surface area (Å²) in [7, 11) is 0. The second-order valence-corrected chi connectivity index (χ2v) is 5.10. The maximum Gasteiger partial charge on any atom is 0.337 e. The lowest BCUT2D eigenvalue weighted by Gasteiger charge is -2.21. The van der Waals surface area contributed by atoms with Gasteiger partial charge in [-0.2, -0.15) is 0 Å². The van der Waals surface area contributed by atoms with Gasteiger partial charge in [-0.1, -0.05) is 32.4 Å². The van der Waals surface area contributed by atoms with Crippen LogP contribution in [0, 0.1) is 5.41 Å². The molecule has 0 aromatic heterocycles. The molecule has 0 aliphatic carbocycles. The van der Waals surface area contributed by atoms with E-state index in [0.29, 0.717) is 12.1 Å². The summed E-state index contributed by atoms with van der Waals surface area (Å²) in [6, 6.07) is 4.34. The fourth-order valence-corrected chi connectivity index (χ4v) is 1.49. The molecule has 0 saturated carbocycles. The molecule has 0 aliphatic heterocycles. The van der Waals surface area contributed by atoms with E-state index in [-0.39, 0.29) is 16.5 Å². The lowest BCUT2D eigenvalue weighted by molar-refractivity contribution is -0.124. The quantitative estimate of drug-likeness (QED) is 0.880. The SMILES string of the molecule is CCC(C)(C)C(=O)Nc1ccc(C(=O)O)c(Cl)c1. The zero-order valence-corrected chi connectivity index (χ0v) is 11.3. The highest BCUT2D eigenvalue weighted by molar-refractivity contribution is 6.33. The second kappa shape index (κ2) is 5.40. The van der Waals surface area contributed by atoms with Gasteiger partial charge in [0.05, 0.1) is 10.6 Å². The highest BCUT2D eigenvalue weighted by atomic mass is 35.5. The molecule has 0 bridgehead atoms. The molecule has 1 aromatic carbocycles. The minimum Gasteiger partial charge on any atom is -0.478 e. The van der Waals surface area contributed by atoms with Crippen LogP contribution in [0.5, 0.6) is 0 Å². The molecule has 5 heteroatoms. The summed E-state index contributed by atoms with van der Waals surface area (Å²) < 4.78 is 0. The third-order valence-electron chi connectivity index (χ3n) is 2.96. The van der Waals surface area contributed by atoms with Crippen LogP contribution in [0.15, 0.2) is 18.2 Å². The van der Waals surface area contributed by atoms with Crippen molar-refractivity contribution >= 4 is 29.2 Å². The molecule has 1 amide bonds. The maximum absolute atomic E-state index is 11.9. The first-order chi connectivity index (χ1) is 8.27. The van der Waals surface area contributed by atoms with Gasteiger partial charge in [0.1, 0.15) is 0 Å². The molecule has 0 heterocycles. The molecule has 0 unspecified atom stereocenters. The molecule has 1 aromatic rings. The third-order valence-corrected chi connectivity index (χ3v) is 3.27. The van der Waals surface area contributed by atoms with E-state index in [1.54, 1.807) is 0 Å². The number of rotatable bonds is 4. The zero-order chi connectivity index (χ0) is 13.9. The number of benzene rings is 1. The predicted molar refractivity (Wildman–Crippen MR) is 71.1 cm³/mol. The highest BCUT2D eigenvalue weighted by Gasteiger charge is 2.25. The summed E-state index contributed by atoms with van der Waals surface area (Å²) in [5.74, 6) is -1.21. The summed E-state index contributed by atoms with van der Waals surface area (Å²) in [4.78, 5) is 22.7. The van der Waals surface area contributed by atoms with Gasteiger partial charge in [0.25, 0.3) is 0 Å². The minimum atomic E-state index is -1.09. The fourth-order valence-electron chi connectivity index (χ4n) is 1.23. The molecule has 4 nitrogen and oxygen atoms in total. The van der Waals surface area contributed by atoms with Crippen molar-refractivity contribution in [2.75, 3.05) is 5.32 Å². The molecule has 0 fully saturated rings. The Labute approximate surface area is 111 Å². The number of carbonyl (C=O) groups is 2. The molecular weight excluding hydrogens is 254 g/mol. The van der Waals surface area contributed by atoms with Crippen LogP contribution in [0.2, 0.25) is 5.02 Å². The number of carbonyl (C=O) groups excluding carboxylic acids is 1. The van der Waals surface area contributed by atoms with Crippen LogP contribution < -0.4 is 5.32 Å². The van der Waals surface area contributed by atoms with Crippen molar-refractivity contribution in [1.82, 2.24) is 0 Å². The first kappa shape index (κ1) is 14.5. The minimum absolute atomic E-state index is 0.0180. The number of amides is 1. The van der Waals surface area contributed by atoms with Crippen molar-refractivity contribution < 1.29 is 14.7 Å². The summed E-state index contributed by atoms with van der Waals surface area (Å²) in [6.45, 7) is 5.62. The topological polar surface area (TPSA) is 66.4 Å². The lowest BCUT2D eigenvalue weighted by atomic mass is 9.89. The molecule has 1 rings (SSSR count). The molecule has 0 saturated heterocycles. The smallest absolute Gasteiger partial charge is 0.337 e. The Balaban J connectivity index is 2.91. The summed E-state index contributed by atoms with van der Waals surface area (Å²) in [6.07, 6.45) is 0.708. The monoisotopic (exact) mass is 269 g/mol. The van der Waals surface area contributed by atoms with Crippen molar-refractivity contribution in [2.24, 2.45) is 5.41 Å². The van der Waals surface area contributed by atoms with Gasteiger partial charge in [0.2, 0.25) is 5.91 Å². The Morgan fingerprint density at radius 2 is 2.00 bits per heavy atom. The normalized spacial score (nSPS) is 11.1. The van der Waals surface area contributed by atoms with Crippen molar-refractivity contribution in [2.45, 2.75) is 27.2 Å². The van der Waals surface area contributed by atoms with Crippen LogP contribution >= 0.6 is 11.6 Å². The first-order valence-electron chi connectivity index (χ1n) is 5.62. The van der Waals surface area contributed by atoms with Crippen LogP contribution in [0.1, 0.15) is 37.6 Å². The highest BCUT2D eigenvalue weighted by Crippen LogP contribution is 2.25. The van der Waals surface area contributed by atoms with E-state index >= 15 is 0 Å². The summed E-state index contributed by atoms with van der Waals surface area (Å²) in [5, 5.41) is 11.7. The van der Waals surface area contributed by atoms with Crippen molar-refractivity contribution in [3.05, 3.63) is 28.8 Å². The number of aromatic carboxylic acids is 1. The molecular formula is C13H16ClNO3. The second-order valence-electron chi connectivity index (χ2n) is 4.69. The Kier molecular flexibility index (Phi) is 4.35. The lowest BCUT2D eigenvalue weighted by Crippen LogP contribution is -2.30. The average Bonchev–Trinajstić information content (AvgIpc) is 2.28. The van der Waals surface area contributed by atoms with Crippen LogP contribution in [0.25, 0.3) is 0 Å². The Morgan fingerprint density at radius 1 is 1.39 bits per heavy atom. The van der Waals surface area contributed by atoms with Crippen molar-refractivity contribution in [3.8, 4) is 0 Å². The van der Waals surface area contributed by atoms with E-state index < -0.39 is 11.4 Å². The van der Waals surface area contributed by atoms with Crippen LogP contribution in [-0.2, 0) is 4.79 Å². The van der Waals surface area contributed by atoms with Gasteiger partial charge in [-0.3, -0.25) is 4.79 Å². The average molecular weight is 270 g/mol. The van der Waals surface area contributed by atoms with Gasteiger partial charge in [-0.05, 0) is 24.6 Å². The molecule has 98 valence electrons. The molecule has 0 atom stereocenters. The van der Waals surface area contributed by atoms with Crippen molar-refractivity contribution in [1.29, 1.82) is 0 Å². The van der Waals surface area contributed by atoms with E-state index in [9.17, 15) is 9.59 Å². The zero-order valence-electron chi connectivity index (χ0n) is 10.6. The van der Waals surface area contributed by atoms with Gasteiger partial charge < -0.3 is 10.4 Å². The number of nitrogens with one attached hydrogen (secondary N) is 1. The van der Waals surface area contributed by atoms with Crippen LogP contribution in [0.3, 0.4) is 0 Å². The summed E-state index contributed by atoms with van der Waals surface area (Å²) in [5.41, 5.74) is 0.0405. The largest absolute Gasteiger partial charge is 0.478 e. The molecule has 0 spiro atoms. The van der Waals surface area contributed by atoms with Crippen LogP contribution in [-0.4, -0.2) is 17.0 Å².